The van der Waals surface area contributed by atoms with Crippen molar-refractivity contribution in [2.45, 2.75) is 37.4 Å². The fourth-order valence-corrected chi connectivity index (χ4v) is 4.60. The molecule has 3 aliphatic rings. The second-order valence-electron chi connectivity index (χ2n) is 6.67. The Bertz CT molecular complexity index is 610. The zero-order chi connectivity index (χ0) is 16.6. The van der Waals surface area contributed by atoms with Crippen LogP contribution in [0.25, 0.3) is 0 Å². The summed E-state index contributed by atoms with van der Waals surface area (Å²) >= 11 is 1.78. The largest absolute Gasteiger partial charge is 0.344 e. The highest BCUT2D eigenvalue weighted by Gasteiger charge is 2.44. The Hall–Kier alpha value is -1.50. The summed E-state index contributed by atoms with van der Waals surface area (Å²) in [4.78, 5) is 18.2. The molecule has 0 spiro atoms. The quantitative estimate of drug-likeness (QED) is 0.772. The van der Waals surface area contributed by atoms with Crippen molar-refractivity contribution in [1.82, 2.24) is 10.2 Å². The van der Waals surface area contributed by atoms with Gasteiger partial charge in [0.05, 0.1) is 23.5 Å². The van der Waals surface area contributed by atoms with Gasteiger partial charge in [-0.3, -0.25) is 20.1 Å². The minimum Gasteiger partial charge on any atom is -0.344 e. The molecular weight excluding hydrogens is 307 g/mol. The maximum Gasteiger partial charge on any atom is 0.231 e. The zero-order valence-corrected chi connectivity index (χ0v) is 14.7. The molecule has 2 aliphatic heterocycles. The molecular formula is C16H23BN4OS. The van der Waals surface area contributed by atoms with Crippen molar-refractivity contribution in [2.75, 3.05) is 13.6 Å². The number of nitrogens with one attached hydrogen (secondary N) is 2. The highest BCUT2D eigenvalue weighted by molar-refractivity contribution is 8.15. The maximum atomic E-state index is 12.1. The van der Waals surface area contributed by atoms with Gasteiger partial charge in [-0.2, -0.15) is 0 Å². The fourth-order valence-electron chi connectivity index (χ4n) is 3.27. The number of guanidine groups is 1. The topological polar surface area (TPSA) is 68.5 Å². The van der Waals surface area contributed by atoms with Crippen LogP contribution in [-0.4, -0.2) is 53.5 Å². The predicted molar refractivity (Wildman–Crippen MR) is 98.7 cm³/mol. The van der Waals surface area contributed by atoms with Crippen LogP contribution in [0.4, 0.5) is 0 Å². The molecule has 1 amide bonds. The fraction of sp³-hybridized carbons (Fsp3) is 0.562. The Morgan fingerprint density at radius 1 is 1.57 bits per heavy atom. The summed E-state index contributed by atoms with van der Waals surface area (Å²) in [6.45, 7) is 4.97. The summed E-state index contributed by atoms with van der Waals surface area (Å²) < 4.78 is 0. The second kappa shape index (κ2) is 6.19. The van der Waals surface area contributed by atoms with Crippen LogP contribution in [0, 0.1) is 11.3 Å². The number of hydrogen-bond donors (Lipinski definition) is 2. The molecule has 3 atom stereocenters. The predicted octanol–water partition coefficient (Wildman–Crippen LogP) is 1.59. The van der Waals surface area contributed by atoms with E-state index in [0.29, 0.717) is 17.6 Å². The normalized spacial score (nSPS) is 34.1. The third kappa shape index (κ3) is 3.11. The molecule has 1 fully saturated rings. The molecule has 0 saturated carbocycles. The van der Waals surface area contributed by atoms with Gasteiger partial charge in [0.15, 0.2) is 5.96 Å². The molecule has 1 aliphatic carbocycles. The molecule has 0 aromatic rings. The van der Waals surface area contributed by atoms with Crippen LogP contribution < -0.4 is 5.32 Å². The van der Waals surface area contributed by atoms with Crippen molar-refractivity contribution >= 4 is 36.0 Å². The number of allylic oxidation sites excluding steroid dienone is 4. The van der Waals surface area contributed by atoms with Gasteiger partial charge in [-0.1, -0.05) is 25.1 Å². The van der Waals surface area contributed by atoms with Crippen LogP contribution in [0.1, 0.15) is 19.8 Å². The third-order valence-electron chi connectivity index (χ3n) is 4.88. The van der Waals surface area contributed by atoms with Crippen LogP contribution in [-0.2, 0) is 4.79 Å². The molecule has 1 saturated heterocycles. The molecule has 2 N–H and O–H groups in total. The van der Waals surface area contributed by atoms with E-state index in [-0.39, 0.29) is 11.9 Å². The molecule has 0 bridgehead atoms. The van der Waals surface area contributed by atoms with Gasteiger partial charge < -0.3 is 5.32 Å². The molecule has 0 radical (unpaired) electrons. The Morgan fingerprint density at radius 3 is 3.04 bits per heavy atom. The van der Waals surface area contributed by atoms with Crippen molar-refractivity contribution in [3.63, 3.8) is 0 Å². The summed E-state index contributed by atoms with van der Waals surface area (Å²) in [5.74, 6) is 0.632. The number of thioether (sulfide) groups is 1. The first-order valence-corrected chi connectivity index (χ1v) is 9.02. The smallest absolute Gasteiger partial charge is 0.231 e. The van der Waals surface area contributed by atoms with Gasteiger partial charge in [-0.05, 0) is 19.3 Å². The second-order valence-corrected chi connectivity index (χ2v) is 7.90. The average molecular weight is 330 g/mol. The van der Waals surface area contributed by atoms with Gasteiger partial charge in [0.25, 0.3) is 0 Å². The number of hydrogen-bond acceptors (Lipinski definition) is 4. The van der Waals surface area contributed by atoms with E-state index in [4.69, 9.17) is 10.4 Å². The van der Waals surface area contributed by atoms with E-state index >= 15 is 0 Å². The first kappa shape index (κ1) is 16.4. The van der Waals surface area contributed by atoms with Gasteiger partial charge in [0.1, 0.15) is 7.28 Å². The van der Waals surface area contributed by atoms with Crippen molar-refractivity contribution in [3.8, 4) is 0 Å². The van der Waals surface area contributed by atoms with Crippen LogP contribution in [0.2, 0.25) is 6.82 Å². The summed E-state index contributed by atoms with van der Waals surface area (Å²) in [6, 6.07) is 0. The lowest BCUT2D eigenvalue weighted by Gasteiger charge is -2.39. The number of carbonyl (C=O) groups excluding carboxylic acids is 1. The van der Waals surface area contributed by atoms with Gasteiger partial charge in [-0.15, -0.1) is 17.2 Å². The molecule has 7 heteroatoms. The van der Waals surface area contributed by atoms with Crippen LogP contribution in [0.15, 0.2) is 28.7 Å². The lowest BCUT2D eigenvalue weighted by Crippen LogP contribution is -2.62. The zero-order valence-electron chi connectivity index (χ0n) is 13.9. The lowest BCUT2D eigenvalue weighted by atomic mass is 9.67. The van der Waals surface area contributed by atoms with E-state index in [1.807, 2.05) is 6.92 Å². The van der Waals surface area contributed by atoms with Crippen LogP contribution >= 0.6 is 11.8 Å². The number of carbonyl (C=O) groups is 1. The number of aliphatic imine (C=N–C) groups is 1. The molecule has 5 nitrogen and oxygen atoms in total. The molecule has 2 unspecified atom stereocenters. The van der Waals surface area contributed by atoms with Gasteiger partial charge in [0.2, 0.25) is 5.91 Å². The van der Waals surface area contributed by atoms with Gasteiger partial charge in [0, 0.05) is 12.3 Å². The van der Waals surface area contributed by atoms with E-state index in [0.717, 1.165) is 25.3 Å². The monoisotopic (exact) mass is 330 g/mol. The van der Waals surface area contributed by atoms with Crippen molar-refractivity contribution in [1.29, 1.82) is 5.41 Å². The van der Waals surface area contributed by atoms with E-state index in [9.17, 15) is 4.79 Å². The highest BCUT2D eigenvalue weighted by atomic mass is 32.2. The average Bonchev–Trinajstić information content (AvgIpc) is 3.03. The molecule has 0 aromatic carbocycles. The van der Waals surface area contributed by atoms with Gasteiger partial charge >= 0.3 is 0 Å². The Balaban J connectivity index is 1.68. The number of rotatable bonds is 3. The first-order chi connectivity index (χ1) is 10.9. The van der Waals surface area contributed by atoms with Gasteiger partial charge in [-0.25, -0.2) is 0 Å². The van der Waals surface area contributed by atoms with Crippen molar-refractivity contribution in [3.05, 3.63) is 23.7 Å². The Kier molecular flexibility index (Phi) is 4.40. The minimum absolute atomic E-state index is 0.0308. The van der Waals surface area contributed by atoms with Crippen molar-refractivity contribution < 1.29 is 4.79 Å². The van der Waals surface area contributed by atoms with E-state index in [1.165, 1.54) is 10.4 Å². The molecule has 2 heterocycles. The lowest BCUT2D eigenvalue weighted by molar-refractivity contribution is -0.128. The summed E-state index contributed by atoms with van der Waals surface area (Å²) in [6.07, 6.45) is 8.13. The molecule has 3 rings (SSSR count). The molecule has 0 aromatic heterocycles. The standard InChI is InChI=1S/C16H23BN4OS/c1-16(8-13(22)21(3)15(18)20-16)14-19-9-12(23-14)10-5-4-6-11(7-10)17-2/h4-6,10,12,17H,7-9H2,1-3H3,(H2,18,20)/t10?,12?,16-/m0/s1. The summed E-state index contributed by atoms with van der Waals surface area (Å²) in [5.41, 5.74) is 0.953. The number of amides is 1. The van der Waals surface area contributed by atoms with E-state index in [2.05, 4.69) is 30.4 Å². The van der Waals surface area contributed by atoms with Crippen molar-refractivity contribution in [2.24, 2.45) is 10.9 Å². The van der Waals surface area contributed by atoms with Crippen LogP contribution in [0.3, 0.4) is 0 Å². The Morgan fingerprint density at radius 2 is 2.35 bits per heavy atom. The van der Waals surface area contributed by atoms with E-state index in [1.54, 1.807) is 18.8 Å². The first-order valence-electron chi connectivity index (χ1n) is 8.14. The molecule has 122 valence electrons. The SMILES string of the molecule is CBC1=CC=CC(C2CN=C([C@]3(C)CC(=O)N(C)C(=N)N3)S2)C1. The van der Waals surface area contributed by atoms with Crippen LogP contribution in [0.5, 0.6) is 0 Å². The summed E-state index contributed by atoms with van der Waals surface area (Å²) in [7, 11) is 2.73. The molecule has 23 heavy (non-hydrogen) atoms. The third-order valence-corrected chi connectivity index (χ3v) is 6.48. The van der Waals surface area contributed by atoms with E-state index < -0.39 is 5.54 Å². The minimum atomic E-state index is -0.540. The maximum absolute atomic E-state index is 12.1. The Labute approximate surface area is 142 Å². The number of nitrogens with zero attached hydrogens (tertiary/aromatic N) is 2. The highest BCUT2D eigenvalue weighted by Crippen LogP contribution is 2.38. The summed E-state index contributed by atoms with van der Waals surface area (Å²) in [5, 5.41) is 12.5.